The van der Waals surface area contributed by atoms with Gasteiger partial charge in [0.05, 0.1) is 0 Å². The highest BCUT2D eigenvalue weighted by molar-refractivity contribution is 5.48. The van der Waals surface area contributed by atoms with Crippen LogP contribution in [0.1, 0.15) is 6.42 Å². The van der Waals surface area contributed by atoms with Crippen LogP contribution in [0.5, 0.6) is 0 Å². The van der Waals surface area contributed by atoms with Crippen molar-refractivity contribution in [3.05, 3.63) is 0 Å². The lowest BCUT2D eigenvalue weighted by atomic mass is 10.1. The van der Waals surface area contributed by atoms with Gasteiger partial charge in [0.2, 0.25) is 6.41 Å². The van der Waals surface area contributed by atoms with E-state index in [4.69, 9.17) is 0 Å². The predicted octanol–water partition coefficient (Wildman–Crippen LogP) is -0.563. The standard InChI is InChI=1S/C7H12N2O/c10-5-9-3-6-1-2-8-7(6)4-9/h5-8H,1-4H2/t6-,7+/m1/s1. The van der Waals surface area contributed by atoms with Crippen molar-refractivity contribution < 1.29 is 4.79 Å². The molecule has 2 fully saturated rings. The van der Waals surface area contributed by atoms with E-state index in [0.717, 1.165) is 32.0 Å². The number of amides is 1. The summed E-state index contributed by atoms with van der Waals surface area (Å²) in [6.45, 7) is 3.04. The number of nitrogens with one attached hydrogen (secondary N) is 1. The molecular formula is C7H12N2O. The molecule has 0 unspecified atom stereocenters. The topological polar surface area (TPSA) is 32.3 Å². The van der Waals surface area contributed by atoms with E-state index < -0.39 is 0 Å². The quantitative estimate of drug-likeness (QED) is 0.495. The summed E-state index contributed by atoms with van der Waals surface area (Å²) in [4.78, 5) is 12.2. The van der Waals surface area contributed by atoms with E-state index in [-0.39, 0.29) is 0 Å². The third-order valence-electron chi connectivity index (χ3n) is 2.54. The van der Waals surface area contributed by atoms with Crippen LogP contribution in [0, 0.1) is 5.92 Å². The Labute approximate surface area is 60.4 Å². The minimum atomic E-state index is 0.602. The molecule has 0 aromatic heterocycles. The zero-order chi connectivity index (χ0) is 6.97. The first-order valence-electron chi connectivity index (χ1n) is 3.83. The van der Waals surface area contributed by atoms with Crippen LogP contribution in [0.3, 0.4) is 0 Å². The van der Waals surface area contributed by atoms with Crippen molar-refractivity contribution in [3.63, 3.8) is 0 Å². The van der Waals surface area contributed by atoms with Gasteiger partial charge in [0, 0.05) is 19.1 Å². The molecule has 2 aliphatic heterocycles. The van der Waals surface area contributed by atoms with Gasteiger partial charge in [0.25, 0.3) is 0 Å². The number of carbonyl (C=O) groups excluding carboxylic acids is 1. The molecule has 0 radical (unpaired) electrons. The van der Waals surface area contributed by atoms with Crippen molar-refractivity contribution in [2.45, 2.75) is 12.5 Å². The fraction of sp³-hybridized carbons (Fsp3) is 0.857. The maximum Gasteiger partial charge on any atom is 0.209 e. The predicted molar refractivity (Wildman–Crippen MR) is 37.5 cm³/mol. The summed E-state index contributed by atoms with van der Waals surface area (Å²) < 4.78 is 0. The van der Waals surface area contributed by atoms with Gasteiger partial charge < -0.3 is 10.2 Å². The Balaban J connectivity index is 1.99. The molecule has 3 heteroatoms. The molecule has 2 heterocycles. The van der Waals surface area contributed by atoms with Gasteiger partial charge in [-0.3, -0.25) is 4.79 Å². The SMILES string of the molecule is O=CN1C[C@H]2CCN[C@H]2C1. The number of rotatable bonds is 1. The highest BCUT2D eigenvalue weighted by Crippen LogP contribution is 2.22. The van der Waals surface area contributed by atoms with E-state index >= 15 is 0 Å². The van der Waals surface area contributed by atoms with E-state index in [1.807, 2.05) is 4.90 Å². The van der Waals surface area contributed by atoms with Crippen molar-refractivity contribution in [2.24, 2.45) is 5.92 Å². The minimum absolute atomic E-state index is 0.602. The lowest BCUT2D eigenvalue weighted by molar-refractivity contribution is -0.117. The normalized spacial score (nSPS) is 38.2. The van der Waals surface area contributed by atoms with E-state index in [1.54, 1.807) is 0 Å². The first kappa shape index (κ1) is 6.16. The molecule has 0 aromatic rings. The zero-order valence-corrected chi connectivity index (χ0v) is 5.92. The number of likely N-dealkylation sites (tertiary alicyclic amines) is 1. The maximum atomic E-state index is 10.3. The summed E-state index contributed by atoms with van der Waals surface area (Å²) in [5, 5.41) is 3.38. The van der Waals surface area contributed by atoms with Crippen molar-refractivity contribution in [2.75, 3.05) is 19.6 Å². The summed E-state index contributed by atoms with van der Waals surface area (Å²) in [6.07, 6.45) is 2.20. The van der Waals surface area contributed by atoms with Crippen LogP contribution < -0.4 is 5.32 Å². The minimum Gasteiger partial charge on any atom is -0.343 e. The Morgan fingerprint density at radius 3 is 3.10 bits per heavy atom. The Bertz CT molecular complexity index is 137. The van der Waals surface area contributed by atoms with E-state index in [1.165, 1.54) is 6.42 Å². The lowest BCUT2D eigenvalue weighted by Crippen LogP contribution is -2.29. The first-order valence-corrected chi connectivity index (χ1v) is 3.83. The Morgan fingerprint density at radius 1 is 1.50 bits per heavy atom. The Kier molecular flexibility index (Phi) is 1.38. The van der Waals surface area contributed by atoms with Crippen molar-refractivity contribution in [1.82, 2.24) is 10.2 Å². The fourth-order valence-corrected chi connectivity index (χ4v) is 1.97. The Hall–Kier alpha value is -0.570. The van der Waals surface area contributed by atoms with Crippen LogP contribution in [0.15, 0.2) is 0 Å². The number of carbonyl (C=O) groups is 1. The summed E-state index contributed by atoms with van der Waals surface area (Å²) >= 11 is 0. The van der Waals surface area contributed by atoms with Gasteiger partial charge in [-0.15, -0.1) is 0 Å². The van der Waals surface area contributed by atoms with Crippen LogP contribution >= 0.6 is 0 Å². The van der Waals surface area contributed by atoms with Gasteiger partial charge in [-0.05, 0) is 18.9 Å². The van der Waals surface area contributed by atoms with E-state index in [9.17, 15) is 4.79 Å². The molecule has 2 aliphatic rings. The average molecular weight is 140 g/mol. The molecular weight excluding hydrogens is 128 g/mol. The molecule has 1 N–H and O–H groups in total. The van der Waals surface area contributed by atoms with Gasteiger partial charge in [-0.1, -0.05) is 0 Å². The molecule has 0 aliphatic carbocycles. The lowest BCUT2D eigenvalue weighted by Gasteiger charge is -2.08. The molecule has 0 aromatic carbocycles. The molecule has 3 nitrogen and oxygen atoms in total. The second-order valence-electron chi connectivity index (χ2n) is 3.17. The molecule has 1 amide bonds. The number of hydrogen-bond acceptors (Lipinski definition) is 2. The van der Waals surface area contributed by atoms with Crippen molar-refractivity contribution in [1.29, 1.82) is 0 Å². The fourth-order valence-electron chi connectivity index (χ4n) is 1.97. The van der Waals surface area contributed by atoms with Gasteiger partial charge in [0.15, 0.2) is 0 Å². The molecule has 56 valence electrons. The number of nitrogens with zero attached hydrogens (tertiary/aromatic N) is 1. The largest absolute Gasteiger partial charge is 0.343 e. The van der Waals surface area contributed by atoms with Crippen LogP contribution in [0.4, 0.5) is 0 Å². The molecule has 10 heavy (non-hydrogen) atoms. The number of hydrogen-bond donors (Lipinski definition) is 1. The second-order valence-corrected chi connectivity index (χ2v) is 3.17. The Morgan fingerprint density at radius 2 is 2.40 bits per heavy atom. The highest BCUT2D eigenvalue weighted by atomic mass is 16.1. The molecule has 2 saturated heterocycles. The van der Waals surface area contributed by atoms with Gasteiger partial charge >= 0.3 is 0 Å². The third-order valence-corrected chi connectivity index (χ3v) is 2.54. The molecule has 2 atom stereocenters. The summed E-state index contributed by atoms with van der Waals surface area (Å²) in [5.74, 6) is 0.741. The van der Waals surface area contributed by atoms with Gasteiger partial charge in [-0.25, -0.2) is 0 Å². The smallest absolute Gasteiger partial charge is 0.209 e. The molecule has 0 saturated carbocycles. The maximum absolute atomic E-state index is 10.3. The molecule has 2 rings (SSSR count). The van der Waals surface area contributed by atoms with E-state index in [0.29, 0.717) is 6.04 Å². The van der Waals surface area contributed by atoms with Crippen molar-refractivity contribution >= 4 is 6.41 Å². The van der Waals surface area contributed by atoms with Crippen LogP contribution in [0.25, 0.3) is 0 Å². The highest BCUT2D eigenvalue weighted by Gasteiger charge is 2.34. The number of fused-ring (bicyclic) bond motifs is 1. The first-order chi connectivity index (χ1) is 4.90. The van der Waals surface area contributed by atoms with Crippen LogP contribution in [-0.4, -0.2) is 37.0 Å². The molecule has 0 spiro atoms. The van der Waals surface area contributed by atoms with E-state index in [2.05, 4.69) is 5.32 Å². The zero-order valence-electron chi connectivity index (χ0n) is 5.92. The summed E-state index contributed by atoms with van der Waals surface area (Å²) in [6, 6.07) is 0.602. The van der Waals surface area contributed by atoms with Crippen LogP contribution in [-0.2, 0) is 4.79 Å². The monoisotopic (exact) mass is 140 g/mol. The third kappa shape index (κ3) is 0.814. The summed E-state index contributed by atoms with van der Waals surface area (Å²) in [7, 11) is 0. The van der Waals surface area contributed by atoms with Crippen molar-refractivity contribution in [3.8, 4) is 0 Å². The van der Waals surface area contributed by atoms with Gasteiger partial charge in [-0.2, -0.15) is 0 Å². The van der Waals surface area contributed by atoms with Gasteiger partial charge in [0.1, 0.15) is 0 Å². The summed E-state index contributed by atoms with van der Waals surface area (Å²) in [5.41, 5.74) is 0. The second kappa shape index (κ2) is 2.23. The molecule has 0 bridgehead atoms. The van der Waals surface area contributed by atoms with Crippen LogP contribution in [0.2, 0.25) is 0 Å². The average Bonchev–Trinajstić information content (AvgIpc) is 2.42.